The fourth-order valence-electron chi connectivity index (χ4n) is 1.24. The minimum Gasteiger partial charge on any atom is -0.457 e. The van der Waals surface area contributed by atoms with Gasteiger partial charge >= 0.3 is 5.97 Å². The lowest BCUT2D eigenvalue weighted by molar-refractivity contribution is -0.384. The molecule has 92 valence electrons. The highest BCUT2D eigenvalue weighted by molar-refractivity contribution is 5.89. The molecule has 0 unspecified atom stereocenters. The standard InChI is InChI=1S/C11H13NO5/c1-8(7-16-2)17-11(13)9-3-5-10(6-4-9)12(14)15/h3-6,8H,7H2,1-2H3/t8-/m0/s1. The van der Waals surface area contributed by atoms with Gasteiger partial charge in [0.05, 0.1) is 17.1 Å². The van der Waals surface area contributed by atoms with E-state index in [1.807, 2.05) is 0 Å². The van der Waals surface area contributed by atoms with E-state index < -0.39 is 10.9 Å². The van der Waals surface area contributed by atoms with E-state index in [2.05, 4.69) is 0 Å². The Morgan fingerprint density at radius 2 is 2.00 bits per heavy atom. The molecule has 0 aliphatic rings. The molecule has 0 aromatic heterocycles. The minimum absolute atomic E-state index is 0.0634. The quantitative estimate of drug-likeness (QED) is 0.444. The van der Waals surface area contributed by atoms with Gasteiger partial charge in [0.25, 0.3) is 5.69 Å². The Morgan fingerprint density at radius 3 is 2.47 bits per heavy atom. The number of methoxy groups -OCH3 is 1. The Kier molecular flexibility index (Phi) is 4.59. The highest BCUT2D eigenvalue weighted by Gasteiger charge is 2.13. The van der Waals surface area contributed by atoms with Crippen LogP contribution in [0.1, 0.15) is 17.3 Å². The molecule has 6 heteroatoms. The van der Waals surface area contributed by atoms with E-state index in [1.165, 1.54) is 31.4 Å². The van der Waals surface area contributed by atoms with Gasteiger partial charge in [0, 0.05) is 19.2 Å². The van der Waals surface area contributed by atoms with Crippen LogP contribution in [0.3, 0.4) is 0 Å². The van der Waals surface area contributed by atoms with Crippen molar-refractivity contribution in [1.29, 1.82) is 0 Å². The highest BCUT2D eigenvalue weighted by atomic mass is 16.6. The second kappa shape index (κ2) is 5.95. The molecule has 0 bridgehead atoms. The summed E-state index contributed by atoms with van der Waals surface area (Å²) < 4.78 is 9.87. The summed E-state index contributed by atoms with van der Waals surface area (Å²) in [4.78, 5) is 21.5. The summed E-state index contributed by atoms with van der Waals surface area (Å²) in [6.45, 7) is 2.01. The van der Waals surface area contributed by atoms with Crippen molar-refractivity contribution >= 4 is 11.7 Å². The fraction of sp³-hybridized carbons (Fsp3) is 0.364. The lowest BCUT2D eigenvalue weighted by atomic mass is 10.2. The monoisotopic (exact) mass is 239 g/mol. The van der Waals surface area contributed by atoms with Crippen LogP contribution in [0.4, 0.5) is 5.69 Å². The predicted octanol–water partition coefficient (Wildman–Crippen LogP) is 1.79. The zero-order valence-corrected chi connectivity index (χ0v) is 9.58. The third kappa shape index (κ3) is 3.84. The van der Waals surface area contributed by atoms with E-state index in [0.29, 0.717) is 6.61 Å². The number of nitro groups is 1. The molecule has 0 saturated carbocycles. The molecule has 0 fully saturated rings. The number of rotatable bonds is 5. The third-order valence-corrected chi connectivity index (χ3v) is 2.02. The van der Waals surface area contributed by atoms with Gasteiger partial charge in [-0.15, -0.1) is 0 Å². The molecular formula is C11H13NO5. The second-order valence-electron chi connectivity index (χ2n) is 3.48. The Morgan fingerprint density at radius 1 is 1.41 bits per heavy atom. The smallest absolute Gasteiger partial charge is 0.338 e. The average molecular weight is 239 g/mol. The normalized spacial score (nSPS) is 11.9. The van der Waals surface area contributed by atoms with Crippen LogP contribution < -0.4 is 0 Å². The van der Waals surface area contributed by atoms with Crippen molar-refractivity contribution in [2.75, 3.05) is 13.7 Å². The first-order valence-electron chi connectivity index (χ1n) is 4.99. The highest BCUT2D eigenvalue weighted by Crippen LogP contribution is 2.13. The van der Waals surface area contributed by atoms with Crippen LogP contribution in [-0.4, -0.2) is 30.7 Å². The first-order chi connectivity index (χ1) is 8.04. The van der Waals surface area contributed by atoms with Crippen molar-refractivity contribution in [3.05, 3.63) is 39.9 Å². The molecule has 0 heterocycles. The molecule has 0 radical (unpaired) electrons. The SMILES string of the molecule is COC[C@H](C)OC(=O)c1ccc([N+](=O)[O-])cc1. The van der Waals surface area contributed by atoms with Crippen LogP contribution in [-0.2, 0) is 9.47 Å². The van der Waals surface area contributed by atoms with Crippen molar-refractivity contribution in [1.82, 2.24) is 0 Å². The van der Waals surface area contributed by atoms with E-state index in [1.54, 1.807) is 6.92 Å². The molecule has 0 aliphatic heterocycles. The topological polar surface area (TPSA) is 78.7 Å². The number of nitro benzene ring substituents is 1. The molecule has 0 spiro atoms. The maximum absolute atomic E-state index is 11.6. The number of esters is 1. The number of carbonyl (C=O) groups is 1. The molecule has 0 N–H and O–H groups in total. The van der Waals surface area contributed by atoms with Crippen molar-refractivity contribution in [2.24, 2.45) is 0 Å². The summed E-state index contributed by atoms with van der Waals surface area (Å²) in [5.74, 6) is -0.524. The molecule has 0 amide bonds. The van der Waals surface area contributed by atoms with Gasteiger partial charge in [-0.2, -0.15) is 0 Å². The average Bonchev–Trinajstić information content (AvgIpc) is 2.29. The van der Waals surface area contributed by atoms with Gasteiger partial charge in [-0.3, -0.25) is 10.1 Å². The van der Waals surface area contributed by atoms with Crippen LogP contribution in [0, 0.1) is 10.1 Å². The molecule has 1 atom stereocenters. The molecule has 17 heavy (non-hydrogen) atoms. The summed E-state index contributed by atoms with van der Waals surface area (Å²) >= 11 is 0. The lowest BCUT2D eigenvalue weighted by Gasteiger charge is -2.11. The van der Waals surface area contributed by atoms with E-state index in [4.69, 9.17) is 9.47 Å². The number of non-ortho nitro benzene ring substituents is 1. The Labute approximate surface area is 98.3 Å². The summed E-state index contributed by atoms with van der Waals surface area (Å²) in [7, 11) is 1.51. The van der Waals surface area contributed by atoms with Crippen LogP contribution in [0.5, 0.6) is 0 Å². The van der Waals surface area contributed by atoms with Crippen molar-refractivity contribution < 1.29 is 19.2 Å². The first-order valence-corrected chi connectivity index (χ1v) is 4.99. The van der Waals surface area contributed by atoms with Crippen LogP contribution in [0.25, 0.3) is 0 Å². The Balaban J connectivity index is 2.66. The zero-order valence-electron chi connectivity index (χ0n) is 9.58. The van der Waals surface area contributed by atoms with Gasteiger partial charge in [0.1, 0.15) is 6.10 Å². The zero-order chi connectivity index (χ0) is 12.8. The number of nitrogens with zero attached hydrogens (tertiary/aromatic N) is 1. The minimum atomic E-state index is -0.525. The van der Waals surface area contributed by atoms with E-state index in [0.717, 1.165) is 0 Å². The summed E-state index contributed by atoms with van der Waals surface area (Å²) in [6.07, 6.45) is -0.359. The summed E-state index contributed by atoms with van der Waals surface area (Å²) in [5.41, 5.74) is 0.213. The summed E-state index contributed by atoms with van der Waals surface area (Å²) in [6, 6.07) is 5.25. The number of benzene rings is 1. The largest absolute Gasteiger partial charge is 0.457 e. The summed E-state index contributed by atoms with van der Waals surface area (Å²) in [5, 5.41) is 10.4. The molecular weight excluding hydrogens is 226 g/mol. The van der Waals surface area contributed by atoms with Gasteiger partial charge in [-0.05, 0) is 19.1 Å². The maximum Gasteiger partial charge on any atom is 0.338 e. The van der Waals surface area contributed by atoms with Crippen molar-refractivity contribution in [3.8, 4) is 0 Å². The van der Waals surface area contributed by atoms with Crippen molar-refractivity contribution in [3.63, 3.8) is 0 Å². The number of hydrogen-bond donors (Lipinski definition) is 0. The predicted molar refractivity (Wildman–Crippen MR) is 59.8 cm³/mol. The maximum atomic E-state index is 11.6. The number of hydrogen-bond acceptors (Lipinski definition) is 5. The molecule has 1 aromatic carbocycles. The van der Waals surface area contributed by atoms with Gasteiger partial charge in [-0.25, -0.2) is 4.79 Å². The molecule has 1 aromatic rings. The van der Waals surface area contributed by atoms with E-state index in [9.17, 15) is 14.9 Å². The van der Waals surface area contributed by atoms with Gasteiger partial charge in [-0.1, -0.05) is 0 Å². The van der Waals surface area contributed by atoms with Crippen LogP contribution in [0.15, 0.2) is 24.3 Å². The molecule has 0 saturated heterocycles. The van der Waals surface area contributed by atoms with Gasteiger partial charge in [0.2, 0.25) is 0 Å². The van der Waals surface area contributed by atoms with Crippen LogP contribution in [0.2, 0.25) is 0 Å². The third-order valence-electron chi connectivity index (χ3n) is 2.02. The van der Waals surface area contributed by atoms with Gasteiger partial charge in [0.15, 0.2) is 0 Å². The number of carbonyl (C=O) groups excluding carboxylic acids is 1. The van der Waals surface area contributed by atoms with E-state index in [-0.39, 0.29) is 17.4 Å². The Bertz CT molecular complexity index is 401. The van der Waals surface area contributed by atoms with Crippen molar-refractivity contribution in [2.45, 2.75) is 13.0 Å². The fourth-order valence-corrected chi connectivity index (χ4v) is 1.24. The molecule has 1 rings (SSSR count). The second-order valence-corrected chi connectivity index (χ2v) is 3.48. The Hall–Kier alpha value is -1.95. The first kappa shape index (κ1) is 13.1. The van der Waals surface area contributed by atoms with Gasteiger partial charge < -0.3 is 9.47 Å². The number of ether oxygens (including phenoxy) is 2. The lowest BCUT2D eigenvalue weighted by Crippen LogP contribution is -2.19. The van der Waals surface area contributed by atoms with Crippen LogP contribution >= 0.6 is 0 Å². The van der Waals surface area contributed by atoms with E-state index >= 15 is 0 Å². The molecule has 0 aliphatic carbocycles. The molecule has 6 nitrogen and oxygen atoms in total.